The molecule has 0 fully saturated rings. The minimum absolute atomic E-state index is 0.274. The topological polar surface area (TPSA) is 49.8 Å². The van der Waals surface area contributed by atoms with Crippen LogP contribution in [0, 0.1) is 11.3 Å². The van der Waals surface area contributed by atoms with Gasteiger partial charge in [-0.25, -0.2) is 0 Å². The standard InChI is InChI=1S/C6H12N2S/c1-6(8)2-4-9-5-3-7/h6H,2,4-5,8H2,1H3. The van der Waals surface area contributed by atoms with Crippen LogP contribution in [0.5, 0.6) is 0 Å². The second-order valence-electron chi connectivity index (χ2n) is 1.98. The van der Waals surface area contributed by atoms with Gasteiger partial charge in [-0.3, -0.25) is 0 Å². The van der Waals surface area contributed by atoms with Gasteiger partial charge in [0.05, 0.1) is 11.8 Å². The van der Waals surface area contributed by atoms with Crippen molar-refractivity contribution in [3.8, 4) is 6.07 Å². The maximum Gasteiger partial charge on any atom is 0.0808 e. The van der Waals surface area contributed by atoms with Gasteiger partial charge < -0.3 is 5.73 Å². The van der Waals surface area contributed by atoms with E-state index in [0.717, 1.165) is 12.2 Å². The Morgan fingerprint density at radius 1 is 1.78 bits per heavy atom. The van der Waals surface area contributed by atoms with Crippen molar-refractivity contribution in [2.75, 3.05) is 11.5 Å². The minimum Gasteiger partial charge on any atom is -0.328 e. The monoisotopic (exact) mass is 144 g/mol. The lowest BCUT2D eigenvalue weighted by molar-refractivity contribution is 0.721. The molecule has 2 nitrogen and oxygen atoms in total. The van der Waals surface area contributed by atoms with Crippen LogP contribution in [0.4, 0.5) is 0 Å². The summed E-state index contributed by atoms with van der Waals surface area (Å²) in [6.07, 6.45) is 1.01. The highest BCUT2D eigenvalue weighted by molar-refractivity contribution is 7.99. The molecule has 0 amide bonds. The molecule has 0 spiro atoms. The zero-order chi connectivity index (χ0) is 7.11. The number of thioether (sulfide) groups is 1. The van der Waals surface area contributed by atoms with E-state index in [1.54, 1.807) is 11.8 Å². The van der Waals surface area contributed by atoms with E-state index in [-0.39, 0.29) is 6.04 Å². The van der Waals surface area contributed by atoms with Gasteiger partial charge >= 0.3 is 0 Å². The molecule has 0 aromatic heterocycles. The predicted octanol–water partition coefficient (Wildman–Crippen LogP) is 0.980. The molecule has 0 rings (SSSR count). The Hall–Kier alpha value is -0.200. The predicted molar refractivity (Wildman–Crippen MR) is 41.2 cm³/mol. The Kier molecular flexibility index (Phi) is 5.80. The molecule has 0 heterocycles. The maximum atomic E-state index is 8.13. The van der Waals surface area contributed by atoms with E-state index >= 15 is 0 Å². The first-order valence-corrected chi connectivity index (χ1v) is 4.13. The van der Waals surface area contributed by atoms with E-state index in [4.69, 9.17) is 11.0 Å². The zero-order valence-electron chi connectivity index (χ0n) is 5.63. The molecular formula is C6H12N2S. The average molecular weight is 144 g/mol. The summed E-state index contributed by atoms with van der Waals surface area (Å²) in [5, 5.41) is 8.13. The first kappa shape index (κ1) is 8.80. The second-order valence-corrected chi connectivity index (χ2v) is 3.08. The average Bonchev–Trinajstić information content (AvgIpc) is 1.80. The highest BCUT2D eigenvalue weighted by Crippen LogP contribution is 2.01. The third kappa shape index (κ3) is 7.80. The van der Waals surface area contributed by atoms with Crippen molar-refractivity contribution >= 4 is 11.8 Å². The van der Waals surface area contributed by atoms with Gasteiger partial charge in [0.25, 0.3) is 0 Å². The molecule has 0 bridgehead atoms. The van der Waals surface area contributed by atoms with E-state index in [0.29, 0.717) is 5.75 Å². The molecule has 0 aromatic carbocycles. The molecule has 52 valence electrons. The summed E-state index contributed by atoms with van der Waals surface area (Å²) in [7, 11) is 0. The lowest BCUT2D eigenvalue weighted by atomic mass is 10.3. The van der Waals surface area contributed by atoms with Gasteiger partial charge in [0.15, 0.2) is 0 Å². The zero-order valence-corrected chi connectivity index (χ0v) is 6.45. The second kappa shape index (κ2) is 5.93. The normalized spacial score (nSPS) is 12.6. The van der Waals surface area contributed by atoms with Crippen LogP contribution in [0.2, 0.25) is 0 Å². The van der Waals surface area contributed by atoms with E-state index in [9.17, 15) is 0 Å². The molecule has 0 aliphatic heterocycles. The van der Waals surface area contributed by atoms with Crippen LogP contribution in [0.1, 0.15) is 13.3 Å². The molecule has 2 N–H and O–H groups in total. The van der Waals surface area contributed by atoms with Crippen molar-refractivity contribution in [2.45, 2.75) is 19.4 Å². The smallest absolute Gasteiger partial charge is 0.0808 e. The molecule has 0 saturated heterocycles. The van der Waals surface area contributed by atoms with Crippen LogP contribution in [0.3, 0.4) is 0 Å². The first-order chi connectivity index (χ1) is 4.27. The van der Waals surface area contributed by atoms with E-state index < -0.39 is 0 Å². The van der Waals surface area contributed by atoms with Crippen LogP contribution in [-0.2, 0) is 0 Å². The fourth-order valence-corrected chi connectivity index (χ4v) is 1.16. The van der Waals surface area contributed by atoms with Gasteiger partial charge in [-0.05, 0) is 19.1 Å². The molecule has 1 unspecified atom stereocenters. The summed E-state index contributed by atoms with van der Waals surface area (Å²) < 4.78 is 0. The van der Waals surface area contributed by atoms with Crippen molar-refractivity contribution in [2.24, 2.45) is 5.73 Å². The Bertz CT molecular complexity index is 95.7. The maximum absolute atomic E-state index is 8.13. The van der Waals surface area contributed by atoms with Gasteiger partial charge in [-0.1, -0.05) is 0 Å². The molecule has 0 aromatic rings. The van der Waals surface area contributed by atoms with Crippen molar-refractivity contribution in [3.05, 3.63) is 0 Å². The first-order valence-electron chi connectivity index (χ1n) is 2.97. The van der Waals surface area contributed by atoms with E-state index in [1.807, 2.05) is 6.92 Å². The molecule has 0 aliphatic rings. The summed E-state index contributed by atoms with van der Waals surface area (Å²) >= 11 is 1.64. The van der Waals surface area contributed by atoms with Crippen LogP contribution < -0.4 is 5.73 Å². The molecule has 0 radical (unpaired) electrons. The van der Waals surface area contributed by atoms with Crippen LogP contribution in [0.15, 0.2) is 0 Å². The lowest BCUT2D eigenvalue weighted by Crippen LogP contribution is -2.15. The van der Waals surface area contributed by atoms with Crippen molar-refractivity contribution in [1.82, 2.24) is 0 Å². The molecule has 9 heavy (non-hydrogen) atoms. The SMILES string of the molecule is CC(N)CCSCC#N. The van der Waals surface area contributed by atoms with Gasteiger partial charge in [0.1, 0.15) is 0 Å². The number of nitrogens with two attached hydrogens (primary N) is 1. The summed E-state index contributed by atoms with van der Waals surface area (Å²) in [6.45, 7) is 1.98. The van der Waals surface area contributed by atoms with Crippen molar-refractivity contribution in [3.63, 3.8) is 0 Å². The largest absolute Gasteiger partial charge is 0.328 e. The van der Waals surface area contributed by atoms with Gasteiger partial charge in [0.2, 0.25) is 0 Å². The summed E-state index contributed by atoms with van der Waals surface area (Å²) in [5.41, 5.74) is 5.48. The third-order valence-corrected chi connectivity index (χ3v) is 1.74. The number of rotatable bonds is 4. The van der Waals surface area contributed by atoms with E-state index in [2.05, 4.69) is 6.07 Å². The Morgan fingerprint density at radius 2 is 2.44 bits per heavy atom. The molecule has 3 heteroatoms. The Balaban J connectivity index is 2.85. The quantitative estimate of drug-likeness (QED) is 0.598. The number of hydrogen-bond donors (Lipinski definition) is 1. The fourth-order valence-electron chi connectivity index (χ4n) is 0.387. The van der Waals surface area contributed by atoms with Crippen molar-refractivity contribution in [1.29, 1.82) is 5.26 Å². The molecule has 0 saturated carbocycles. The summed E-state index contributed by atoms with van der Waals surface area (Å²) in [6, 6.07) is 2.34. The van der Waals surface area contributed by atoms with Gasteiger partial charge in [0, 0.05) is 6.04 Å². The number of nitrogens with zero attached hydrogens (tertiary/aromatic N) is 1. The van der Waals surface area contributed by atoms with Crippen molar-refractivity contribution < 1.29 is 0 Å². The van der Waals surface area contributed by atoms with Gasteiger partial charge in [-0.2, -0.15) is 5.26 Å². The highest BCUT2D eigenvalue weighted by Gasteiger charge is 1.92. The fraction of sp³-hybridized carbons (Fsp3) is 0.833. The summed E-state index contributed by atoms with van der Waals surface area (Å²) in [4.78, 5) is 0. The molecule has 1 atom stereocenters. The minimum atomic E-state index is 0.274. The lowest BCUT2D eigenvalue weighted by Gasteiger charge is -2.00. The van der Waals surface area contributed by atoms with Crippen LogP contribution in [0.25, 0.3) is 0 Å². The molecule has 0 aliphatic carbocycles. The highest BCUT2D eigenvalue weighted by atomic mass is 32.2. The number of nitriles is 1. The van der Waals surface area contributed by atoms with E-state index in [1.165, 1.54) is 0 Å². The Labute approximate surface area is 60.4 Å². The van der Waals surface area contributed by atoms with Gasteiger partial charge in [-0.15, -0.1) is 11.8 Å². The summed E-state index contributed by atoms with van der Waals surface area (Å²) in [5.74, 6) is 1.60. The number of hydrogen-bond acceptors (Lipinski definition) is 3. The van der Waals surface area contributed by atoms with Crippen LogP contribution in [-0.4, -0.2) is 17.5 Å². The molecular weight excluding hydrogens is 132 g/mol. The Morgan fingerprint density at radius 3 is 2.89 bits per heavy atom. The van der Waals surface area contributed by atoms with Crippen LogP contribution >= 0.6 is 11.8 Å². The third-order valence-electron chi connectivity index (χ3n) is 0.884.